The standard InChI is InChI=1S/C11H13Br2NO2/c12-8-3-1-2-7(8)6-14-11(15)9-4-5-10(13)16-9/h4-5,7-8H,1-3,6H2,(H,14,15). The Balaban J connectivity index is 1.84. The van der Waals surface area contributed by atoms with Crippen LogP contribution in [0.4, 0.5) is 0 Å². The third-order valence-electron chi connectivity index (χ3n) is 2.89. The maximum absolute atomic E-state index is 11.7. The first-order valence-electron chi connectivity index (χ1n) is 5.34. The molecule has 0 radical (unpaired) electrons. The van der Waals surface area contributed by atoms with Gasteiger partial charge in [0.05, 0.1) is 0 Å². The van der Waals surface area contributed by atoms with Crippen molar-refractivity contribution in [3.8, 4) is 0 Å². The second-order valence-electron chi connectivity index (χ2n) is 4.02. The molecule has 1 aromatic heterocycles. The summed E-state index contributed by atoms with van der Waals surface area (Å²) in [5, 5.41) is 2.90. The van der Waals surface area contributed by atoms with Gasteiger partial charge in [0.15, 0.2) is 10.4 Å². The van der Waals surface area contributed by atoms with Crippen molar-refractivity contribution >= 4 is 37.8 Å². The number of amides is 1. The zero-order valence-electron chi connectivity index (χ0n) is 8.71. The van der Waals surface area contributed by atoms with Crippen LogP contribution in [0.2, 0.25) is 0 Å². The van der Waals surface area contributed by atoms with Gasteiger partial charge in [0.2, 0.25) is 0 Å². The number of carbonyl (C=O) groups excluding carboxylic acids is 1. The van der Waals surface area contributed by atoms with E-state index in [2.05, 4.69) is 37.2 Å². The molecular formula is C11H13Br2NO2. The van der Waals surface area contributed by atoms with Gasteiger partial charge in [0.25, 0.3) is 5.91 Å². The summed E-state index contributed by atoms with van der Waals surface area (Å²) < 4.78 is 5.76. The highest BCUT2D eigenvalue weighted by Crippen LogP contribution is 2.30. The Morgan fingerprint density at radius 3 is 2.88 bits per heavy atom. The first-order valence-corrected chi connectivity index (χ1v) is 7.05. The lowest BCUT2D eigenvalue weighted by atomic mass is 10.1. The molecule has 1 amide bonds. The Kier molecular flexibility index (Phi) is 4.08. The van der Waals surface area contributed by atoms with Crippen molar-refractivity contribution in [3.05, 3.63) is 22.6 Å². The predicted octanol–water partition coefficient (Wildman–Crippen LogP) is 3.34. The number of halogens is 2. The van der Waals surface area contributed by atoms with E-state index in [1.165, 1.54) is 19.3 Å². The largest absolute Gasteiger partial charge is 0.444 e. The van der Waals surface area contributed by atoms with Gasteiger partial charge in [0, 0.05) is 11.4 Å². The maximum atomic E-state index is 11.7. The fourth-order valence-corrected chi connectivity index (χ4v) is 3.05. The molecule has 0 aromatic carbocycles. The van der Waals surface area contributed by atoms with E-state index in [4.69, 9.17) is 4.42 Å². The lowest BCUT2D eigenvalue weighted by Crippen LogP contribution is -2.30. The smallest absolute Gasteiger partial charge is 0.287 e. The van der Waals surface area contributed by atoms with Crippen LogP contribution in [0.5, 0.6) is 0 Å². The number of carbonyl (C=O) groups is 1. The summed E-state index contributed by atoms with van der Waals surface area (Å²) in [7, 11) is 0. The van der Waals surface area contributed by atoms with Crippen molar-refractivity contribution in [2.75, 3.05) is 6.54 Å². The van der Waals surface area contributed by atoms with Crippen LogP contribution in [-0.2, 0) is 0 Å². The fraction of sp³-hybridized carbons (Fsp3) is 0.545. The highest BCUT2D eigenvalue weighted by Gasteiger charge is 2.25. The third kappa shape index (κ3) is 2.88. The Morgan fingerprint density at radius 1 is 1.50 bits per heavy atom. The van der Waals surface area contributed by atoms with Crippen molar-refractivity contribution < 1.29 is 9.21 Å². The molecule has 88 valence electrons. The van der Waals surface area contributed by atoms with Crippen LogP contribution < -0.4 is 5.32 Å². The zero-order valence-corrected chi connectivity index (χ0v) is 11.9. The van der Waals surface area contributed by atoms with E-state index in [9.17, 15) is 4.79 Å². The molecular weight excluding hydrogens is 338 g/mol. The summed E-state index contributed by atoms with van der Waals surface area (Å²) in [5.74, 6) is 0.760. The summed E-state index contributed by atoms with van der Waals surface area (Å²) in [6, 6.07) is 3.39. The number of alkyl halides is 1. The number of hydrogen-bond acceptors (Lipinski definition) is 2. The number of hydrogen-bond donors (Lipinski definition) is 1. The fourth-order valence-electron chi connectivity index (χ4n) is 1.97. The summed E-state index contributed by atoms with van der Waals surface area (Å²) in [4.78, 5) is 12.2. The average molecular weight is 351 g/mol. The highest BCUT2D eigenvalue weighted by molar-refractivity contribution is 9.10. The van der Waals surface area contributed by atoms with Gasteiger partial charge in [-0.15, -0.1) is 0 Å². The van der Waals surface area contributed by atoms with Crippen molar-refractivity contribution in [2.24, 2.45) is 5.92 Å². The molecule has 1 aliphatic rings. The van der Waals surface area contributed by atoms with Crippen LogP contribution >= 0.6 is 31.9 Å². The van der Waals surface area contributed by atoms with Crippen LogP contribution in [0, 0.1) is 5.92 Å². The molecule has 1 aromatic rings. The van der Waals surface area contributed by atoms with Gasteiger partial charge in [-0.25, -0.2) is 0 Å². The van der Waals surface area contributed by atoms with E-state index in [0.717, 1.165) is 0 Å². The molecule has 1 aliphatic carbocycles. The molecule has 0 saturated heterocycles. The predicted molar refractivity (Wildman–Crippen MR) is 68.8 cm³/mol. The Labute approximate surface area is 111 Å². The van der Waals surface area contributed by atoms with E-state index in [0.29, 0.717) is 27.7 Å². The van der Waals surface area contributed by atoms with Crippen molar-refractivity contribution in [3.63, 3.8) is 0 Å². The molecule has 1 fully saturated rings. The molecule has 3 nitrogen and oxygen atoms in total. The lowest BCUT2D eigenvalue weighted by Gasteiger charge is -2.13. The first-order chi connectivity index (χ1) is 7.66. The number of rotatable bonds is 3. The van der Waals surface area contributed by atoms with Gasteiger partial charge in [-0.3, -0.25) is 4.79 Å². The van der Waals surface area contributed by atoms with E-state index in [-0.39, 0.29) is 5.91 Å². The molecule has 0 bridgehead atoms. The summed E-state index contributed by atoms with van der Waals surface area (Å²) in [6.07, 6.45) is 3.62. The van der Waals surface area contributed by atoms with E-state index in [1.807, 2.05) is 0 Å². The van der Waals surface area contributed by atoms with Gasteiger partial charge in [0.1, 0.15) is 0 Å². The molecule has 0 aliphatic heterocycles. The van der Waals surface area contributed by atoms with E-state index in [1.54, 1.807) is 12.1 Å². The SMILES string of the molecule is O=C(NCC1CCCC1Br)c1ccc(Br)o1. The summed E-state index contributed by atoms with van der Waals surface area (Å²) in [5.41, 5.74) is 0. The molecule has 2 atom stereocenters. The Morgan fingerprint density at radius 2 is 2.31 bits per heavy atom. The average Bonchev–Trinajstić information content (AvgIpc) is 2.84. The lowest BCUT2D eigenvalue weighted by molar-refractivity contribution is 0.0919. The quantitative estimate of drug-likeness (QED) is 0.849. The third-order valence-corrected chi connectivity index (χ3v) is 4.52. The summed E-state index contributed by atoms with van der Waals surface area (Å²) >= 11 is 6.81. The monoisotopic (exact) mass is 349 g/mol. The van der Waals surface area contributed by atoms with Crippen LogP contribution in [0.1, 0.15) is 29.8 Å². The Hall–Kier alpha value is -0.290. The van der Waals surface area contributed by atoms with E-state index < -0.39 is 0 Å². The zero-order chi connectivity index (χ0) is 11.5. The van der Waals surface area contributed by atoms with E-state index >= 15 is 0 Å². The molecule has 1 heterocycles. The molecule has 2 rings (SSSR count). The minimum atomic E-state index is -0.141. The normalized spacial score (nSPS) is 24.6. The Bertz CT molecular complexity index is 378. The number of nitrogens with one attached hydrogen (secondary N) is 1. The number of furan rings is 1. The van der Waals surface area contributed by atoms with Gasteiger partial charge in [-0.1, -0.05) is 22.4 Å². The van der Waals surface area contributed by atoms with Gasteiger partial charge in [-0.2, -0.15) is 0 Å². The van der Waals surface area contributed by atoms with Gasteiger partial charge in [-0.05, 0) is 46.8 Å². The molecule has 1 N–H and O–H groups in total. The molecule has 0 spiro atoms. The molecule has 1 saturated carbocycles. The van der Waals surface area contributed by atoms with Gasteiger partial charge >= 0.3 is 0 Å². The topological polar surface area (TPSA) is 42.2 Å². The van der Waals surface area contributed by atoms with Crippen LogP contribution in [-0.4, -0.2) is 17.3 Å². The second-order valence-corrected chi connectivity index (χ2v) is 5.98. The molecule has 5 heteroatoms. The van der Waals surface area contributed by atoms with Crippen molar-refractivity contribution in [2.45, 2.75) is 24.1 Å². The van der Waals surface area contributed by atoms with Crippen LogP contribution in [0.15, 0.2) is 21.2 Å². The van der Waals surface area contributed by atoms with Crippen LogP contribution in [0.3, 0.4) is 0 Å². The van der Waals surface area contributed by atoms with Crippen molar-refractivity contribution in [1.82, 2.24) is 5.32 Å². The molecule has 2 unspecified atom stereocenters. The second kappa shape index (κ2) is 5.36. The van der Waals surface area contributed by atoms with Crippen LogP contribution in [0.25, 0.3) is 0 Å². The first kappa shape index (κ1) is 12.2. The van der Waals surface area contributed by atoms with Gasteiger partial charge < -0.3 is 9.73 Å². The minimum absolute atomic E-state index is 0.141. The highest BCUT2D eigenvalue weighted by atomic mass is 79.9. The minimum Gasteiger partial charge on any atom is -0.444 e. The molecule has 16 heavy (non-hydrogen) atoms. The van der Waals surface area contributed by atoms with Crippen molar-refractivity contribution in [1.29, 1.82) is 0 Å². The maximum Gasteiger partial charge on any atom is 0.287 e. The summed E-state index contributed by atoms with van der Waals surface area (Å²) in [6.45, 7) is 0.715.